The quantitative estimate of drug-likeness (QED) is 0.487. The van der Waals surface area contributed by atoms with Crippen molar-refractivity contribution in [2.45, 2.75) is 0 Å². The molecular weight excluding hydrogens is 409 g/mol. The van der Waals surface area contributed by atoms with E-state index in [1.54, 1.807) is 30.3 Å². The smallest absolute Gasteiger partial charge is 0.325 e. The van der Waals surface area contributed by atoms with E-state index >= 15 is 0 Å². The highest BCUT2D eigenvalue weighted by molar-refractivity contribution is 6.37. The minimum atomic E-state index is -0.609. The highest BCUT2D eigenvalue weighted by Gasteiger charge is 2.13. The summed E-state index contributed by atoms with van der Waals surface area (Å²) in [6, 6.07) is 9.64. The molecule has 0 atom stereocenters. The minimum Gasteiger partial charge on any atom is -0.493 e. The SMILES string of the molecule is COc1ccc(C(=O)NCC(=O)OCCOc2c(Cl)cccc2Cl)cc1OC. The maximum atomic E-state index is 12.1. The molecule has 0 saturated carbocycles. The summed E-state index contributed by atoms with van der Waals surface area (Å²) in [6.07, 6.45) is 0. The van der Waals surface area contributed by atoms with Crippen LogP contribution in [0.15, 0.2) is 36.4 Å². The molecule has 0 aliphatic rings. The van der Waals surface area contributed by atoms with Gasteiger partial charge in [-0.25, -0.2) is 0 Å². The van der Waals surface area contributed by atoms with Crippen molar-refractivity contribution < 1.29 is 28.5 Å². The van der Waals surface area contributed by atoms with E-state index in [4.69, 9.17) is 42.1 Å². The topological polar surface area (TPSA) is 83.1 Å². The van der Waals surface area contributed by atoms with Crippen LogP contribution in [-0.2, 0) is 9.53 Å². The molecule has 0 saturated heterocycles. The number of carbonyl (C=O) groups is 2. The van der Waals surface area contributed by atoms with Gasteiger partial charge >= 0.3 is 5.97 Å². The zero-order valence-electron chi connectivity index (χ0n) is 15.3. The van der Waals surface area contributed by atoms with Crippen molar-refractivity contribution in [2.75, 3.05) is 34.0 Å². The minimum absolute atomic E-state index is 0.0212. The fourth-order valence-electron chi connectivity index (χ4n) is 2.20. The highest BCUT2D eigenvalue weighted by atomic mass is 35.5. The number of methoxy groups -OCH3 is 2. The number of para-hydroxylation sites is 1. The first kappa shape index (κ1) is 21.7. The van der Waals surface area contributed by atoms with Gasteiger partial charge in [0.15, 0.2) is 17.2 Å². The van der Waals surface area contributed by atoms with Gasteiger partial charge in [0, 0.05) is 5.56 Å². The van der Waals surface area contributed by atoms with Crippen LogP contribution in [0.1, 0.15) is 10.4 Å². The van der Waals surface area contributed by atoms with Crippen molar-refractivity contribution in [2.24, 2.45) is 0 Å². The fourth-order valence-corrected chi connectivity index (χ4v) is 2.71. The monoisotopic (exact) mass is 427 g/mol. The number of benzene rings is 2. The van der Waals surface area contributed by atoms with E-state index in [2.05, 4.69) is 5.32 Å². The van der Waals surface area contributed by atoms with Crippen LogP contribution < -0.4 is 19.5 Å². The van der Waals surface area contributed by atoms with E-state index in [1.807, 2.05) is 0 Å². The number of rotatable bonds is 9. The second kappa shape index (κ2) is 10.6. The molecule has 150 valence electrons. The summed E-state index contributed by atoms with van der Waals surface area (Å²) in [4.78, 5) is 23.9. The van der Waals surface area contributed by atoms with Gasteiger partial charge in [-0.2, -0.15) is 0 Å². The lowest BCUT2D eigenvalue weighted by molar-refractivity contribution is -0.143. The molecule has 1 amide bonds. The van der Waals surface area contributed by atoms with Crippen LogP contribution in [0.2, 0.25) is 10.0 Å². The third kappa shape index (κ3) is 5.94. The van der Waals surface area contributed by atoms with Crippen molar-refractivity contribution in [1.29, 1.82) is 0 Å². The molecule has 0 aliphatic heterocycles. The van der Waals surface area contributed by atoms with E-state index in [0.29, 0.717) is 32.9 Å². The summed E-state index contributed by atoms with van der Waals surface area (Å²) in [6.45, 7) is -0.245. The normalized spacial score (nSPS) is 10.1. The number of nitrogens with one attached hydrogen (secondary N) is 1. The van der Waals surface area contributed by atoms with Crippen molar-refractivity contribution in [1.82, 2.24) is 5.32 Å². The summed E-state index contributed by atoms with van der Waals surface area (Å²) in [5, 5.41) is 3.20. The molecule has 2 rings (SSSR count). The zero-order chi connectivity index (χ0) is 20.5. The van der Waals surface area contributed by atoms with E-state index < -0.39 is 11.9 Å². The lowest BCUT2D eigenvalue weighted by Crippen LogP contribution is -2.31. The zero-order valence-corrected chi connectivity index (χ0v) is 16.8. The maximum Gasteiger partial charge on any atom is 0.325 e. The van der Waals surface area contributed by atoms with Gasteiger partial charge in [-0.1, -0.05) is 29.3 Å². The molecule has 7 nitrogen and oxygen atoms in total. The molecule has 0 unspecified atom stereocenters. The number of amides is 1. The molecule has 0 bridgehead atoms. The first-order valence-electron chi connectivity index (χ1n) is 8.19. The molecule has 0 spiro atoms. The van der Waals surface area contributed by atoms with Crippen molar-refractivity contribution in [3.63, 3.8) is 0 Å². The third-order valence-electron chi connectivity index (χ3n) is 3.55. The van der Waals surface area contributed by atoms with Gasteiger partial charge in [0.25, 0.3) is 5.91 Å². The Kier molecular flexibility index (Phi) is 8.22. The predicted octanol–water partition coefficient (Wildman–Crippen LogP) is 3.36. The fraction of sp³-hybridized carbons (Fsp3) is 0.263. The largest absolute Gasteiger partial charge is 0.493 e. The number of ether oxygens (including phenoxy) is 4. The Morgan fingerprint density at radius 1 is 0.964 bits per heavy atom. The van der Waals surface area contributed by atoms with E-state index in [0.717, 1.165) is 0 Å². The van der Waals surface area contributed by atoms with Crippen LogP contribution in [0.4, 0.5) is 0 Å². The lowest BCUT2D eigenvalue weighted by Gasteiger charge is -2.11. The van der Waals surface area contributed by atoms with Gasteiger partial charge in [-0.3, -0.25) is 9.59 Å². The number of carbonyl (C=O) groups excluding carboxylic acids is 2. The molecule has 0 heterocycles. The Morgan fingerprint density at radius 3 is 2.29 bits per heavy atom. The summed E-state index contributed by atoms with van der Waals surface area (Å²) >= 11 is 11.9. The Hall–Kier alpha value is -2.64. The molecule has 2 aromatic rings. The van der Waals surface area contributed by atoms with Crippen molar-refractivity contribution in [3.05, 3.63) is 52.0 Å². The predicted molar refractivity (Wildman–Crippen MR) is 105 cm³/mol. The molecule has 2 aromatic carbocycles. The highest BCUT2D eigenvalue weighted by Crippen LogP contribution is 2.32. The summed E-state index contributed by atoms with van der Waals surface area (Å²) in [5.74, 6) is 0.175. The van der Waals surface area contributed by atoms with Gasteiger partial charge in [-0.15, -0.1) is 0 Å². The Morgan fingerprint density at radius 2 is 1.64 bits per heavy atom. The first-order valence-corrected chi connectivity index (χ1v) is 8.94. The molecule has 0 fully saturated rings. The van der Waals surface area contributed by atoms with Crippen LogP contribution in [0.5, 0.6) is 17.2 Å². The lowest BCUT2D eigenvalue weighted by atomic mass is 10.2. The second-order valence-electron chi connectivity index (χ2n) is 5.37. The van der Waals surface area contributed by atoms with Crippen LogP contribution in [0.25, 0.3) is 0 Å². The molecule has 28 heavy (non-hydrogen) atoms. The van der Waals surface area contributed by atoms with Gasteiger partial charge in [-0.05, 0) is 30.3 Å². The molecule has 0 radical (unpaired) electrons. The van der Waals surface area contributed by atoms with Gasteiger partial charge in [0.1, 0.15) is 19.8 Å². The molecule has 1 N–H and O–H groups in total. The average molecular weight is 428 g/mol. The number of hydrogen-bond acceptors (Lipinski definition) is 6. The summed E-state index contributed by atoms with van der Waals surface area (Å²) in [5.41, 5.74) is 0.321. The van der Waals surface area contributed by atoms with Crippen molar-refractivity contribution >= 4 is 35.1 Å². The summed E-state index contributed by atoms with van der Waals surface area (Å²) < 4.78 is 20.7. The van der Waals surface area contributed by atoms with Crippen LogP contribution in [-0.4, -0.2) is 45.9 Å². The van der Waals surface area contributed by atoms with E-state index in [-0.39, 0.29) is 19.8 Å². The molecule has 9 heteroatoms. The number of esters is 1. The maximum absolute atomic E-state index is 12.1. The first-order chi connectivity index (χ1) is 13.5. The summed E-state index contributed by atoms with van der Waals surface area (Å²) in [7, 11) is 2.96. The number of hydrogen-bond donors (Lipinski definition) is 1. The van der Waals surface area contributed by atoms with Crippen molar-refractivity contribution in [3.8, 4) is 17.2 Å². The Balaban J connectivity index is 1.75. The van der Waals surface area contributed by atoms with E-state index in [9.17, 15) is 9.59 Å². The molecule has 0 aromatic heterocycles. The van der Waals surface area contributed by atoms with E-state index in [1.165, 1.54) is 20.3 Å². The third-order valence-corrected chi connectivity index (χ3v) is 4.15. The molecular formula is C19H19Cl2NO6. The van der Waals surface area contributed by atoms with Crippen LogP contribution in [0, 0.1) is 0 Å². The van der Waals surface area contributed by atoms with Crippen LogP contribution in [0.3, 0.4) is 0 Å². The standard InChI is InChI=1S/C19H19Cl2NO6/c1-25-15-7-6-12(10-16(15)26-2)19(24)22-11-17(23)27-8-9-28-18-13(20)4-3-5-14(18)21/h3-7,10H,8-9,11H2,1-2H3,(H,22,24). The molecule has 0 aliphatic carbocycles. The van der Waals surface area contributed by atoms with Gasteiger partial charge in [0.05, 0.1) is 24.3 Å². The number of halogens is 2. The van der Waals surface area contributed by atoms with Crippen LogP contribution >= 0.6 is 23.2 Å². The van der Waals surface area contributed by atoms with Gasteiger partial charge < -0.3 is 24.3 Å². The van der Waals surface area contributed by atoms with Gasteiger partial charge in [0.2, 0.25) is 0 Å². The average Bonchev–Trinajstić information content (AvgIpc) is 2.70. The Bertz CT molecular complexity index is 823. The second-order valence-corrected chi connectivity index (χ2v) is 6.19. The Labute approximate surface area is 172 Å².